The lowest BCUT2D eigenvalue weighted by atomic mass is 10.2. The molecular weight excluding hydrogens is 308 g/mol. The molecule has 0 spiro atoms. The van der Waals surface area contributed by atoms with Crippen LogP contribution in [0.2, 0.25) is 5.02 Å². The molecule has 4 nitrogen and oxygen atoms in total. The molecule has 0 atom stereocenters. The highest BCUT2D eigenvalue weighted by molar-refractivity contribution is 7.89. The van der Waals surface area contributed by atoms with Crippen LogP contribution < -0.4 is 5.73 Å². The summed E-state index contributed by atoms with van der Waals surface area (Å²) in [6.07, 6.45) is 3.95. The SMILES string of the molecule is NCC#Cc1ccc(S(=O)(=O)N2CCCCCC2)c(Cl)c1. The van der Waals surface area contributed by atoms with E-state index in [1.165, 1.54) is 10.4 Å². The van der Waals surface area contributed by atoms with Crippen LogP contribution in [0.1, 0.15) is 31.2 Å². The Kier molecular flexibility index (Phi) is 5.65. The summed E-state index contributed by atoms with van der Waals surface area (Å²) in [4.78, 5) is 0.157. The second-order valence-corrected chi connectivity index (χ2v) is 7.28. The van der Waals surface area contributed by atoms with E-state index in [4.69, 9.17) is 17.3 Å². The molecule has 0 saturated carbocycles. The first-order valence-electron chi connectivity index (χ1n) is 7.04. The van der Waals surface area contributed by atoms with Gasteiger partial charge in [-0.25, -0.2) is 8.42 Å². The molecular formula is C15H19ClN2O2S. The van der Waals surface area contributed by atoms with Crippen LogP contribution in [0.5, 0.6) is 0 Å². The quantitative estimate of drug-likeness (QED) is 0.848. The Hall–Kier alpha value is -1.06. The van der Waals surface area contributed by atoms with Gasteiger partial charge in [0.2, 0.25) is 10.0 Å². The molecule has 2 N–H and O–H groups in total. The molecule has 0 radical (unpaired) electrons. The van der Waals surface area contributed by atoms with Crippen molar-refractivity contribution < 1.29 is 8.42 Å². The van der Waals surface area contributed by atoms with Crippen molar-refractivity contribution >= 4 is 21.6 Å². The molecule has 114 valence electrons. The maximum atomic E-state index is 12.7. The second-order valence-electron chi connectivity index (χ2n) is 4.97. The van der Waals surface area contributed by atoms with Gasteiger partial charge in [-0.1, -0.05) is 36.3 Å². The molecule has 21 heavy (non-hydrogen) atoms. The van der Waals surface area contributed by atoms with Crippen molar-refractivity contribution in [3.63, 3.8) is 0 Å². The Morgan fingerprint density at radius 3 is 2.43 bits per heavy atom. The van der Waals surface area contributed by atoms with Crippen LogP contribution in [0.15, 0.2) is 23.1 Å². The maximum absolute atomic E-state index is 12.7. The van der Waals surface area contributed by atoms with Gasteiger partial charge in [0.1, 0.15) is 4.90 Å². The van der Waals surface area contributed by atoms with E-state index in [9.17, 15) is 8.42 Å². The van der Waals surface area contributed by atoms with Crippen molar-refractivity contribution in [1.82, 2.24) is 4.31 Å². The average Bonchev–Trinajstić information content (AvgIpc) is 2.74. The topological polar surface area (TPSA) is 63.4 Å². The summed E-state index contributed by atoms with van der Waals surface area (Å²) >= 11 is 6.15. The number of nitrogens with two attached hydrogens (primary N) is 1. The molecule has 0 aliphatic carbocycles. The third kappa shape index (κ3) is 3.98. The zero-order valence-electron chi connectivity index (χ0n) is 11.8. The third-order valence-corrected chi connectivity index (χ3v) is 5.83. The summed E-state index contributed by atoms with van der Waals surface area (Å²) in [5.74, 6) is 5.57. The summed E-state index contributed by atoms with van der Waals surface area (Å²) in [5.41, 5.74) is 5.98. The van der Waals surface area contributed by atoms with Crippen LogP contribution in [-0.4, -0.2) is 32.4 Å². The number of hydrogen-bond donors (Lipinski definition) is 1. The minimum Gasteiger partial charge on any atom is -0.320 e. The van der Waals surface area contributed by atoms with Gasteiger partial charge in [-0.05, 0) is 31.0 Å². The molecule has 0 unspecified atom stereocenters. The van der Waals surface area contributed by atoms with E-state index in [0.29, 0.717) is 18.7 Å². The molecule has 6 heteroatoms. The molecule has 0 bridgehead atoms. The number of benzene rings is 1. The molecule has 2 rings (SSSR count). The lowest BCUT2D eigenvalue weighted by molar-refractivity contribution is 0.424. The first-order valence-corrected chi connectivity index (χ1v) is 8.86. The summed E-state index contributed by atoms with van der Waals surface area (Å²) < 4.78 is 26.9. The van der Waals surface area contributed by atoms with Crippen molar-refractivity contribution in [2.75, 3.05) is 19.6 Å². The lowest BCUT2D eigenvalue weighted by Gasteiger charge is -2.20. The van der Waals surface area contributed by atoms with E-state index in [-0.39, 0.29) is 16.5 Å². The molecule has 1 aliphatic heterocycles. The number of hydrogen-bond acceptors (Lipinski definition) is 3. The van der Waals surface area contributed by atoms with Crippen LogP contribution in [0, 0.1) is 11.8 Å². The minimum atomic E-state index is -3.52. The molecule has 1 saturated heterocycles. The van der Waals surface area contributed by atoms with E-state index >= 15 is 0 Å². The van der Waals surface area contributed by atoms with Crippen molar-refractivity contribution in [2.24, 2.45) is 5.73 Å². The van der Waals surface area contributed by atoms with Gasteiger partial charge in [0, 0.05) is 18.7 Å². The maximum Gasteiger partial charge on any atom is 0.244 e. The van der Waals surface area contributed by atoms with Gasteiger partial charge in [-0.3, -0.25) is 0 Å². The van der Waals surface area contributed by atoms with Crippen molar-refractivity contribution in [3.05, 3.63) is 28.8 Å². The Balaban J connectivity index is 2.31. The highest BCUT2D eigenvalue weighted by atomic mass is 35.5. The highest BCUT2D eigenvalue weighted by Crippen LogP contribution is 2.27. The third-order valence-electron chi connectivity index (χ3n) is 3.45. The van der Waals surface area contributed by atoms with Crippen LogP contribution in [0.4, 0.5) is 0 Å². The number of nitrogens with zero attached hydrogens (tertiary/aromatic N) is 1. The number of sulfonamides is 1. The zero-order chi connectivity index (χ0) is 15.3. The van der Waals surface area contributed by atoms with E-state index < -0.39 is 10.0 Å². The molecule has 0 amide bonds. The molecule has 1 heterocycles. The smallest absolute Gasteiger partial charge is 0.244 e. The number of rotatable bonds is 2. The fourth-order valence-electron chi connectivity index (χ4n) is 2.36. The average molecular weight is 327 g/mol. The summed E-state index contributed by atoms with van der Waals surface area (Å²) in [7, 11) is -3.52. The molecule has 0 aromatic heterocycles. The standard InChI is InChI=1S/C15H19ClN2O2S/c16-14-12-13(6-5-9-17)7-8-15(14)21(19,20)18-10-3-1-2-4-11-18/h7-8,12H,1-4,9-11,17H2. The van der Waals surface area contributed by atoms with Gasteiger partial charge < -0.3 is 5.73 Å². The van der Waals surface area contributed by atoms with Gasteiger partial charge in [0.15, 0.2) is 0 Å². The Morgan fingerprint density at radius 1 is 1.19 bits per heavy atom. The van der Waals surface area contributed by atoms with E-state index in [0.717, 1.165) is 25.7 Å². The zero-order valence-corrected chi connectivity index (χ0v) is 13.4. The first kappa shape index (κ1) is 16.3. The largest absolute Gasteiger partial charge is 0.320 e. The molecule has 1 aliphatic rings. The molecule has 1 fully saturated rings. The summed E-state index contributed by atoms with van der Waals surface area (Å²) in [5, 5.41) is 0.211. The summed E-state index contributed by atoms with van der Waals surface area (Å²) in [6, 6.07) is 4.78. The Morgan fingerprint density at radius 2 is 1.86 bits per heavy atom. The van der Waals surface area contributed by atoms with Gasteiger partial charge >= 0.3 is 0 Å². The predicted octanol–water partition coefficient (Wildman–Crippen LogP) is 2.21. The molecule has 1 aromatic rings. The van der Waals surface area contributed by atoms with Gasteiger partial charge in [0.05, 0.1) is 11.6 Å². The highest BCUT2D eigenvalue weighted by Gasteiger charge is 2.27. The van der Waals surface area contributed by atoms with Gasteiger partial charge in [0.25, 0.3) is 0 Å². The van der Waals surface area contributed by atoms with E-state index in [1.807, 2.05) is 0 Å². The van der Waals surface area contributed by atoms with Gasteiger partial charge in [-0.2, -0.15) is 4.31 Å². The van der Waals surface area contributed by atoms with Crippen LogP contribution in [0.25, 0.3) is 0 Å². The monoisotopic (exact) mass is 326 g/mol. The van der Waals surface area contributed by atoms with Crippen LogP contribution in [-0.2, 0) is 10.0 Å². The lowest BCUT2D eigenvalue weighted by Crippen LogP contribution is -2.32. The predicted molar refractivity (Wildman–Crippen MR) is 84.6 cm³/mol. The Bertz CT molecular complexity index is 654. The fraction of sp³-hybridized carbons (Fsp3) is 0.467. The van der Waals surface area contributed by atoms with Crippen molar-refractivity contribution in [1.29, 1.82) is 0 Å². The Labute approximate surface area is 131 Å². The van der Waals surface area contributed by atoms with E-state index in [2.05, 4.69) is 11.8 Å². The van der Waals surface area contributed by atoms with E-state index in [1.54, 1.807) is 12.1 Å². The summed E-state index contributed by atoms with van der Waals surface area (Å²) in [6.45, 7) is 1.38. The normalized spacial score (nSPS) is 16.9. The minimum absolute atomic E-state index is 0.157. The molecule has 1 aromatic carbocycles. The van der Waals surface area contributed by atoms with Crippen molar-refractivity contribution in [3.8, 4) is 11.8 Å². The van der Waals surface area contributed by atoms with Crippen LogP contribution >= 0.6 is 11.6 Å². The first-order chi connectivity index (χ1) is 10.1. The van der Waals surface area contributed by atoms with Crippen LogP contribution in [0.3, 0.4) is 0 Å². The number of halogens is 1. The van der Waals surface area contributed by atoms with Crippen molar-refractivity contribution in [2.45, 2.75) is 30.6 Å². The second kappa shape index (κ2) is 7.28. The van der Waals surface area contributed by atoms with Gasteiger partial charge in [-0.15, -0.1) is 0 Å². The fourth-order valence-corrected chi connectivity index (χ4v) is 4.40.